The largest absolute Gasteiger partial charge is 0.360 e. The molecule has 3 N–H and O–H groups in total. The van der Waals surface area contributed by atoms with Crippen LogP contribution in [0.3, 0.4) is 0 Å². The fourth-order valence-corrected chi connectivity index (χ4v) is 2.83. The maximum absolute atomic E-state index is 13.0. The summed E-state index contributed by atoms with van der Waals surface area (Å²) in [6.07, 6.45) is 2.04. The number of fused-ring (bicyclic) bond motifs is 1. The van der Waals surface area contributed by atoms with E-state index in [0.29, 0.717) is 17.7 Å². The molecule has 0 saturated heterocycles. The van der Waals surface area contributed by atoms with Crippen LogP contribution in [0, 0.1) is 5.92 Å². The van der Waals surface area contributed by atoms with E-state index in [1.165, 1.54) is 6.92 Å². The van der Waals surface area contributed by atoms with Crippen molar-refractivity contribution < 1.29 is 9.59 Å². The van der Waals surface area contributed by atoms with E-state index in [2.05, 4.69) is 20.3 Å². The number of H-pyrrole nitrogens is 2. The van der Waals surface area contributed by atoms with Gasteiger partial charge in [0, 0.05) is 29.6 Å². The summed E-state index contributed by atoms with van der Waals surface area (Å²) in [5, 5.41) is 3.29. The van der Waals surface area contributed by atoms with Crippen molar-refractivity contribution in [2.75, 3.05) is 5.32 Å². The molecule has 3 rings (SSSR count). The Bertz CT molecular complexity index is 1050. The summed E-state index contributed by atoms with van der Waals surface area (Å²) in [7, 11) is 0. The molecule has 0 atom stereocenters. The molecule has 0 saturated carbocycles. The van der Waals surface area contributed by atoms with Crippen molar-refractivity contribution in [2.45, 2.75) is 27.2 Å². The molecule has 134 valence electrons. The van der Waals surface area contributed by atoms with E-state index in [-0.39, 0.29) is 23.3 Å². The molecule has 0 aliphatic carbocycles. The lowest BCUT2D eigenvalue weighted by atomic mass is 10.1. The zero-order valence-electron chi connectivity index (χ0n) is 14.8. The van der Waals surface area contributed by atoms with E-state index < -0.39 is 11.3 Å². The predicted molar refractivity (Wildman–Crippen MR) is 99.4 cm³/mol. The molecular weight excluding hydrogens is 332 g/mol. The van der Waals surface area contributed by atoms with Crippen LogP contribution in [-0.4, -0.2) is 26.6 Å². The molecule has 0 fully saturated rings. The molecular formula is C19H20N4O3. The quantitative estimate of drug-likeness (QED) is 0.613. The topological polar surface area (TPSA) is 108 Å². The van der Waals surface area contributed by atoms with Crippen LogP contribution in [0.15, 0.2) is 35.3 Å². The first-order valence-electron chi connectivity index (χ1n) is 8.38. The summed E-state index contributed by atoms with van der Waals surface area (Å²) in [4.78, 5) is 46.8. The Balaban J connectivity index is 2.13. The predicted octanol–water partition coefficient (Wildman–Crippen LogP) is 2.64. The molecule has 7 nitrogen and oxygen atoms in total. The summed E-state index contributed by atoms with van der Waals surface area (Å²) >= 11 is 0. The van der Waals surface area contributed by atoms with Crippen molar-refractivity contribution in [3.8, 4) is 0 Å². The zero-order chi connectivity index (χ0) is 18.8. The third kappa shape index (κ3) is 3.42. The molecule has 0 aliphatic heterocycles. The Hall–Kier alpha value is -3.22. The van der Waals surface area contributed by atoms with Gasteiger partial charge in [-0.05, 0) is 18.4 Å². The van der Waals surface area contributed by atoms with Crippen LogP contribution in [0.2, 0.25) is 0 Å². The van der Waals surface area contributed by atoms with Crippen molar-refractivity contribution in [1.29, 1.82) is 0 Å². The maximum atomic E-state index is 13.0. The van der Waals surface area contributed by atoms with Gasteiger partial charge in [-0.25, -0.2) is 4.98 Å². The van der Waals surface area contributed by atoms with Crippen molar-refractivity contribution in [3.63, 3.8) is 0 Å². The van der Waals surface area contributed by atoms with Gasteiger partial charge >= 0.3 is 0 Å². The maximum Gasteiger partial charge on any atom is 0.270 e. The Labute approximate surface area is 149 Å². The van der Waals surface area contributed by atoms with Gasteiger partial charge in [-0.15, -0.1) is 0 Å². The highest BCUT2D eigenvalue weighted by Gasteiger charge is 2.22. The lowest BCUT2D eigenvalue weighted by molar-refractivity contribution is -0.114. The number of aromatic amines is 2. The van der Waals surface area contributed by atoms with Crippen molar-refractivity contribution in [1.82, 2.24) is 15.0 Å². The van der Waals surface area contributed by atoms with Gasteiger partial charge in [-0.1, -0.05) is 32.0 Å². The summed E-state index contributed by atoms with van der Waals surface area (Å²) in [5.74, 6) is -0.494. The Morgan fingerprint density at radius 3 is 2.65 bits per heavy atom. The number of amides is 1. The number of benzene rings is 1. The first-order chi connectivity index (χ1) is 12.4. The van der Waals surface area contributed by atoms with Crippen LogP contribution < -0.4 is 10.9 Å². The van der Waals surface area contributed by atoms with Crippen LogP contribution in [-0.2, 0) is 11.2 Å². The molecule has 26 heavy (non-hydrogen) atoms. The molecule has 2 aromatic heterocycles. The fraction of sp³-hybridized carbons (Fsp3) is 0.263. The lowest BCUT2D eigenvalue weighted by Crippen LogP contribution is -2.25. The van der Waals surface area contributed by atoms with Crippen molar-refractivity contribution in [2.24, 2.45) is 5.92 Å². The van der Waals surface area contributed by atoms with Gasteiger partial charge in [0.15, 0.2) is 5.82 Å². The second-order valence-electron chi connectivity index (χ2n) is 6.59. The summed E-state index contributed by atoms with van der Waals surface area (Å²) in [5.41, 5.74) is 1.06. The van der Waals surface area contributed by atoms with Gasteiger partial charge in [0.1, 0.15) is 11.4 Å². The minimum absolute atomic E-state index is 0.0255. The van der Waals surface area contributed by atoms with Crippen molar-refractivity contribution in [3.05, 3.63) is 57.8 Å². The first kappa shape index (κ1) is 17.6. The highest BCUT2D eigenvalue weighted by molar-refractivity contribution is 6.17. The Kier molecular flexibility index (Phi) is 4.71. The second-order valence-corrected chi connectivity index (χ2v) is 6.59. The zero-order valence-corrected chi connectivity index (χ0v) is 14.8. The average molecular weight is 352 g/mol. The summed E-state index contributed by atoms with van der Waals surface area (Å²) < 4.78 is 0. The summed E-state index contributed by atoms with van der Waals surface area (Å²) in [6.45, 7) is 5.25. The Morgan fingerprint density at radius 1 is 1.23 bits per heavy atom. The van der Waals surface area contributed by atoms with Gasteiger partial charge in [-0.2, -0.15) is 0 Å². The van der Waals surface area contributed by atoms with Crippen LogP contribution in [0.25, 0.3) is 10.9 Å². The SMILES string of the molecule is CC(=O)Nc1nc(CC(C)C)c(=O)[nH]c1C(=O)c1c[nH]c2ccccc12. The number of rotatable bonds is 5. The van der Waals surface area contributed by atoms with Crippen LogP contribution in [0.5, 0.6) is 0 Å². The highest BCUT2D eigenvalue weighted by atomic mass is 16.2. The fourth-order valence-electron chi connectivity index (χ4n) is 2.83. The van der Waals surface area contributed by atoms with Gasteiger partial charge in [0.2, 0.25) is 11.7 Å². The number of para-hydroxylation sites is 1. The van der Waals surface area contributed by atoms with Crippen molar-refractivity contribution >= 4 is 28.4 Å². The standard InChI is InChI=1S/C19H20N4O3/c1-10(2)8-15-19(26)23-16(18(22-15)21-11(3)24)17(25)13-9-20-14-7-5-4-6-12(13)14/h4-7,9-10,20H,8H2,1-3H3,(H,23,26)(H,21,22,24). The number of ketones is 1. The van der Waals surface area contributed by atoms with E-state index in [4.69, 9.17) is 0 Å². The number of nitrogens with one attached hydrogen (secondary N) is 3. The van der Waals surface area contributed by atoms with Gasteiger partial charge in [0.05, 0.1) is 0 Å². The molecule has 0 radical (unpaired) electrons. The van der Waals surface area contributed by atoms with Crippen LogP contribution in [0.4, 0.5) is 5.82 Å². The molecule has 2 heterocycles. The molecule has 7 heteroatoms. The number of nitrogens with zero attached hydrogens (tertiary/aromatic N) is 1. The minimum atomic E-state index is -0.420. The van der Waals surface area contributed by atoms with E-state index in [9.17, 15) is 14.4 Å². The monoisotopic (exact) mass is 352 g/mol. The summed E-state index contributed by atoms with van der Waals surface area (Å²) in [6, 6.07) is 7.36. The number of carbonyl (C=O) groups excluding carboxylic acids is 2. The average Bonchev–Trinajstić information content (AvgIpc) is 3.00. The van der Waals surface area contributed by atoms with E-state index >= 15 is 0 Å². The molecule has 3 aromatic rings. The third-order valence-corrected chi connectivity index (χ3v) is 3.94. The van der Waals surface area contributed by atoms with Gasteiger partial charge < -0.3 is 15.3 Å². The molecule has 1 amide bonds. The third-order valence-electron chi connectivity index (χ3n) is 3.94. The van der Waals surface area contributed by atoms with E-state index in [0.717, 1.165) is 10.9 Å². The smallest absolute Gasteiger partial charge is 0.270 e. The van der Waals surface area contributed by atoms with Crippen LogP contribution >= 0.6 is 0 Å². The normalized spacial score (nSPS) is 11.1. The molecule has 1 aromatic carbocycles. The number of hydrogen-bond acceptors (Lipinski definition) is 4. The first-order valence-corrected chi connectivity index (χ1v) is 8.38. The Morgan fingerprint density at radius 2 is 1.96 bits per heavy atom. The van der Waals surface area contributed by atoms with Crippen LogP contribution in [0.1, 0.15) is 42.5 Å². The lowest BCUT2D eigenvalue weighted by Gasteiger charge is -2.11. The van der Waals surface area contributed by atoms with Gasteiger partial charge in [-0.3, -0.25) is 14.4 Å². The second kappa shape index (κ2) is 6.95. The molecule has 0 aliphatic rings. The number of anilines is 1. The number of carbonyl (C=O) groups is 2. The number of aromatic nitrogens is 3. The van der Waals surface area contributed by atoms with Gasteiger partial charge in [0.25, 0.3) is 5.56 Å². The van der Waals surface area contributed by atoms with E-state index in [1.807, 2.05) is 38.1 Å². The van der Waals surface area contributed by atoms with E-state index in [1.54, 1.807) is 6.20 Å². The highest BCUT2D eigenvalue weighted by Crippen LogP contribution is 2.22. The number of hydrogen-bond donors (Lipinski definition) is 3. The molecule has 0 unspecified atom stereocenters. The molecule has 0 bridgehead atoms. The molecule has 0 spiro atoms. The minimum Gasteiger partial charge on any atom is -0.360 e.